The number of likely N-dealkylation sites (tertiary alicyclic amines) is 1. The molecule has 1 aliphatic heterocycles. The summed E-state index contributed by atoms with van der Waals surface area (Å²) in [4.78, 5) is 33.1. The first-order valence-electron chi connectivity index (χ1n) is 12.5. The van der Waals surface area contributed by atoms with Crippen molar-refractivity contribution in [2.24, 2.45) is 0 Å². The number of carbonyl (C=O) groups is 1. The van der Waals surface area contributed by atoms with E-state index in [9.17, 15) is 14.7 Å². The molecule has 0 spiro atoms. The molecule has 1 fully saturated rings. The molecule has 1 aliphatic rings. The van der Waals surface area contributed by atoms with Crippen molar-refractivity contribution in [3.63, 3.8) is 0 Å². The Bertz CT molecular complexity index is 1540. The van der Waals surface area contributed by atoms with Crippen molar-refractivity contribution in [3.8, 4) is 34.0 Å². The zero-order valence-electron chi connectivity index (χ0n) is 20.9. The summed E-state index contributed by atoms with van der Waals surface area (Å²) in [5.74, 6) is 0.435. The molecule has 0 radical (unpaired) electrons. The minimum absolute atomic E-state index is 0.132. The first-order chi connectivity index (χ1) is 18.5. The lowest BCUT2D eigenvalue weighted by atomic mass is 10.00. The summed E-state index contributed by atoms with van der Waals surface area (Å²) in [6.07, 6.45) is 5.06. The summed E-state index contributed by atoms with van der Waals surface area (Å²) in [6.45, 7) is 5.81. The summed E-state index contributed by atoms with van der Waals surface area (Å²) in [6, 6.07) is 11.2. The highest BCUT2D eigenvalue weighted by atomic mass is 16.5. The van der Waals surface area contributed by atoms with Crippen LogP contribution in [0.1, 0.15) is 25.3 Å². The fourth-order valence-corrected chi connectivity index (χ4v) is 4.50. The third-order valence-corrected chi connectivity index (χ3v) is 6.34. The van der Waals surface area contributed by atoms with Crippen molar-refractivity contribution in [2.45, 2.75) is 19.8 Å². The zero-order valence-corrected chi connectivity index (χ0v) is 20.9. The van der Waals surface area contributed by atoms with Crippen LogP contribution in [0.5, 0.6) is 11.5 Å². The van der Waals surface area contributed by atoms with Gasteiger partial charge in [-0.2, -0.15) is 5.21 Å². The van der Waals surface area contributed by atoms with Crippen LogP contribution in [0.15, 0.2) is 47.3 Å². The monoisotopic (exact) mass is 516 g/mol. The second-order valence-corrected chi connectivity index (χ2v) is 8.88. The number of H-pyrrole nitrogens is 2. The molecule has 11 nitrogen and oxygen atoms in total. The quantitative estimate of drug-likeness (QED) is 0.270. The third kappa shape index (κ3) is 5.57. The fourth-order valence-electron chi connectivity index (χ4n) is 4.50. The van der Waals surface area contributed by atoms with E-state index in [0.29, 0.717) is 41.7 Å². The van der Waals surface area contributed by atoms with Gasteiger partial charge in [0.1, 0.15) is 23.9 Å². The molecule has 0 amide bonds. The van der Waals surface area contributed by atoms with Gasteiger partial charge in [0, 0.05) is 18.2 Å². The van der Waals surface area contributed by atoms with Gasteiger partial charge < -0.3 is 19.6 Å². The number of hydrogen-bond donors (Lipinski definition) is 3. The van der Waals surface area contributed by atoms with Crippen LogP contribution in [0.2, 0.25) is 0 Å². The van der Waals surface area contributed by atoms with E-state index in [1.807, 2.05) is 43.3 Å². The zero-order chi connectivity index (χ0) is 26.5. The van der Waals surface area contributed by atoms with E-state index in [-0.39, 0.29) is 11.2 Å². The molecule has 0 aliphatic carbocycles. The normalized spacial score (nSPS) is 13.9. The molecule has 2 aromatic carbocycles. The number of rotatable bonds is 10. The van der Waals surface area contributed by atoms with Crippen molar-refractivity contribution < 1.29 is 19.4 Å². The van der Waals surface area contributed by atoms with Gasteiger partial charge in [-0.25, -0.2) is 9.78 Å². The van der Waals surface area contributed by atoms with Crippen LogP contribution in [0.3, 0.4) is 0 Å². The number of ether oxygens (including phenoxy) is 2. The number of aromatic amines is 2. The minimum atomic E-state index is -1.04. The summed E-state index contributed by atoms with van der Waals surface area (Å²) >= 11 is 0. The standard InChI is InChI=1S/C27H28N6O5/c1-2-37-22-16-18(5-8-20(22)25-28-26-24(27(36)29-25)30-32-31-26)17-6-9-21(19(15-17)7-10-23(34)35)38-14-13-33-11-3-4-12-33/h5-10,15-16H,2-4,11-14H2,1H3,(H,34,35)(H2,28,29,30,31,32,36). The molecule has 0 saturated carbocycles. The number of carboxylic acids is 1. The van der Waals surface area contributed by atoms with Crippen molar-refractivity contribution in [1.82, 2.24) is 30.3 Å². The van der Waals surface area contributed by atoms with Crippen molar-refractivity contribution >= 4 is 23.2 Å². The predicted octanol–water partition coefficient (Wildman–Crippen LogP) is 3.35. The largest absolute Gasteiger partial charge is 0.493 e. The number of nitrogens with one attached hydrogen (secondary N) is 2. The molecule has 4 aromatic rings. The molecule has 3 N–H and O–H groups in total. The highest BCUT2D eigenvalue weighted by Gasteiger charge is 2.16. The van der Waals surface area contributed by atoms with Gasteiger partial charge >= 0.3 is 5.97 Å². The van der Waals surface area contributed by atoms with E-state index in [1.165, 1.54) is 18.9 Å². The Kier molecular flexibility index (Phi) is 7.45. The number of hydrogen-bond acceptors (Lipinski definition) is 8. The number of aromatic nitrogens is 5. The molecular formula is C27H28N6O5. The minimum Gasteiger partial charge on any atom is -0.493 e. The Hall–Kier alpha value is -4.51. The van der Waals surface area contributed by atoms with Gasteiger partial charge in [-0.15, -0.1) is 10.2 Å². The molecule has 5 rings (SSSR count). The Morgan fingerprint density at radius 1 is 1.08 bits per heavy atom. The maximum atomic E-state index is 12.4. The third-order valence-electron chi connectivity index (χ3n) is 6.34. The second kappa shape index (κ2) is 11.3. The lowest BCUT2D eigenvalue weighted by molar-refractivity contribution is -0.131. The molecule has 38 heavy (non-hydrogen) atoms. The molecule has 3 heterocycles. The highest BCUT2D eigenvalue weighted by Crippen LogP contribution is 2.35. The molecule has 0 unspecified atom stereocenters. The molecule has 196 valence electrons. The SMILES string of the molecule is CCOc1cc(-c2ccc(OCCN3CCCC3)c(C=CC(=O)O)c2)ccc1-c1nc2n[nH]nc2c(=O)[nH]1. The van der Waals surface area contributed by atoms with E-state index >= 15 is 0 Å². The van der Waals surface area contributed by atoms with Crippen molar-refractivity contribution in [1.29, 1.82) is 0 Å². The molecule has 0 bridgehead atoms. The first kappa shape index (κ1) is 25.2. The van der Waals surface area contributed by atoms with Gasteiger partial charge in [-0.3, -0.25) is 9.69 Å². The smallest absolute Gasteiger partial charge is 0.328 e. The summed E-state index contributed by atoms with van der Waals surface area (Å²) in [5, 5.41) is 19.3. The molecular weight excluding hydrogens is 488 g/mol. The highest BCUT2D eigenvalue weighted by molar-refractivity contribution is 5.86. The lowest BCUT2D eigenvalue weighted by Crippen LogP contribution is -2.25. The van der Waals surface area contributed by atoms with Gasteiger partial charge in [0.25, 0.3) is 5.56 Å². The van der Waals surface area contributed by atoms with Crippen LogP contribution in [0.25, 0.3) is 39.8 Å². The van der Waals surface area contributed by atoms with Gasteiger partial charge in [0.15, 0.2) is 5.52 Å². The van der Waals surface area contributed by atoms with Crippen LogP contribution in [-0.4, -0.2) is 74.2 Å². The number of nitrogens with zero attached hydrogens (tertiary/aromatic N) is 4. The molecule has 0 atom stereocenters. The molecule has 11 heteroatoms. The van der Waals surface area contributed by atoms with E-state index in [4.69, 9.17) is 9.47 Å². The van der Waals surface area contributed by atoms with Gasteiger partial charge in [-0.05, 0) is 74.3 Å². The van der Waals surface area contributed by atoms with E-state index < -0.39 is 11.5 Å². The average molecular weight is 517 g/mol. The Balaban J connectivity index is 1.46. The lowest BCUT2D eigenvalue weighted by Gasteiger charge is -2.17. The maximum absolute atomic E-state index is 12.4. The topological polar surface area (TPSA) is 146 Å². The van der Waals surface area contributed by atoms with E-state index in [0.717, 1.165) is 36.8 Å². The van der Waals surface area contributed by atoms with Crippen LogP contribution in [-0.2, 0) is 4.79 Å². The summed E-state index contributed by atoms with van der Waals surface area (Å²) < 4.78 is 11.9. The number of aliphatic carboxylic acids is 1. The van der Waals surface area contributed by atoms with Crippen LogP contribution in [0.4, 0.5) is 0 Å². The van der Waals surface area contributed by atoms with Gasteiger partial charge in [-0.1, -0.05) is 12.1 Å². The number of carboxylic acid groups (broad SMARTS) is 1. The number of fused-ring (bicyclic) bond motifs is 1. The van der Waals surface area contributed by atoms with Crippen molar-refractivity contribution in [3.05, 3.63) is 58.4 Å². The maximum Gasteiger partial charge on any atom is 0.328 e. The molecule has 2 aromatic heterocycles. The predicted molar refractivity (Wildman–Crippen MR) is 142 cm³/mol. The van der Waals surface area contributed by atoms with Crippen LogP contribution >= 0.6 is 0 Å². The van der Waals surface area contributed by atoms with E-state index in [1.54, 1.807) is 0 Å². The molecule has 1 saturated heterocycles. The Morgan fingerprint density at radius 2 is 1.87 bits per heavy atom. The van der Waals surface area contributed by atoms with Crippen LogP contribution < -0.4 is 15.0 Å². The van der Waals surface area contributed by atoms with Gasteiger partial charge in [0.2, 0.25) is 5.65 Å². The van der Waals surface area contributed by atoms with Crippen molar-refractivity contribution in [2.75, 3.05) is 32.8 Å². The summed E-state index contributed by atoms with van der Waals surface area (Å²) in [5.41, 5.74) is 2.90. The second-order valence-electron chi connectivity index (χ2n) is 8.88. The first-order valence-corrected chi connectivity index (χ1v) is 12.5. The van der Waals surface area contributed by atoms with Crippen LogP contribution in [0, 0.1) is 0 Å². The fraction of sp³-hybridized carbons (Fsp3) is 0.296. The average Bonchev–Trinajstić information content (AvgIpc) is 3.61. The Labute approximate surface area is 218 Å². The summed E-state index contributed by atoms with van der Waals surface area (Å²) in [7, 11) is 0. The number of benzene rings is 2. The van der Waals surface area contributed by atoms with Gasteiger partial charge in [0.05, 0.1) is 12.2 Å². The Morgan fingerprint density at radius 3 is 2.66 bits per heavy atom. The van der Waals surface area contributed by atoms with E-state index in [2.05, 4.69) is 30.3 Å².